The predicted octanol–water partition coefficient (Wildman–Crippen LogP) is 3.33. The van der Waals surface area contributed by atoms with Gasteiger partial charge in [-0.25, -0.2) is 4.39 Å². The molecule has 0 saturated heterocycles. The topological polar surface area (TPSA) is 65.2 Å². The van der Waals surface area contributed by atoms with Gasteiger partial charge in [0.05, 0.1) is 5.92 Å². The lowest BCUT2D eigenvalue weighted by Crippen LogP contribution is -2.17. The molecule has 0 amide bonds. The molecule has 124 valence electrons. The van der Waals surface area contributed by atoms with Crippen LogP contribution >= 0.6 is 0 Å². The Morgan fingerprint density at radius 3 is 2.78 bits per heavy atom. The number of carbonyl (C=O) groups is 1. The third-order valence-corrected chi connectivity index (χ3v) is 3.27. The van der Waals surface area contributed by atoms with Gasteiger partial charge in [0.1, 0.15) is 5.82 Å². The lowest BCUT2D eigenvalue weighted by molar-refractivity contribution is -0.150. The molecule has 0 aliphatic rings. The summed E-state index contributed by atoms with van der Waals surface area (Å²) in [5.41, 5.74) is 0.756. The fourth-order valence-corrected chi connectivity index (χ4v) is 2.17. The van der Waals surface area contributed by atoms with Gasteiger partial charge >= 0.3 is 5.97 Å². The highest BCUT2D eigenvalue weighted by molar-refractivity contribution is 5.72. The zero-order valence-corrected chi connectivity index (χ0v) is 13.6. The number of rotatable bonds is 7. The maximum atomic E-state index is 13.1. The monoisotopic (exact) mass is 320 g/mol. The van der Waals surface area contributed by atoms with Gasteiger partial charge in [-0.15, -0.1) is 0 Å². The number of benzene rings is 1. The molecular formula is C17H21FN2O3. The quantitative estimate of drug-likeness (QED) is 0.732. The molecule has 1 aromatic heterocycles. The molecule has 0 aliphatic heterocycles. The Bertz CT molecular complexity index is 655. The van der Waals surface area contributed by atoms with Crippen molar-refractivity contribution in [2.75, 3.05) is 0 Å². The number of halogens is 1. The van der Waals surface area contributed by atoms with Crippen LogP contribution in [-0.4, -0.2) is 16.1 Å². The van der Waals surface area contributed by atoms with Crippen LogP contribution in [0.25, 0.3) is 0 Å². The second kappa shape index (κ2) is 7.85. The Morgan fingerprint density at radius 1 is 1.30 bits per heavy atom. The highest BCUT2D eigenvalue weighted by atomic mass is 19.1. The van der Waals surface area contributed by atoms with E-state index in [1.165, 1.54) is 12.1 Å². The standard InChI is InChI=1S/C17H21FN2O3/c1-11(2)7-15-19-16(23-20-15)10-22-17(21)12(3)8-13-5-4-6-14(18)9-13/h4-6,9,11-12H,7-8,10H2,1-3H3. The van der Waals surface area contributed by atoms with E-state index >= 15 is 0 Å². The van der Waals surface area contributed by atoms with E-state index in [0.29, 0.717) is 24.6 Å². The second-order valence-corrected chi connectivity index (χ2v) is 6.05. The van der Waals surface area contributed by atoms with Crippen LogP contribution in [0.5, 0.6) is 0 Å². The molecule has 0 aliphatic carbocycles. The number of hydrogen-bond donors (Lipinski definition) is 0. The Labute approximate surface area is 134 Å². The van der Waals surface area contributed by atoms with E-state index in [-0.39, 0.29) is 30.2 Å². The molecule has 0 spiro atoms. The fourth-order valence-electron chi connectivity index (χ4n) is 2.17. The molecule has 1 unspecified atom stereocenters. The summed E-state index contributed by atoms with van der Waals surface area (Å²) in [6.07, 6.45) is 1.13. The SMILES string of the molecule is CC(C)Cc1noc(COC(=O)C(C)Cc2cccc(F)c2)n1. The highest BCUT2D eigenvalue weighted by Crippen LogP contribution is 2.13. The van der Waals surface area contributed by atoms with Crippen LogP contribution < -0.4 is 0 Å². The smallest absolute Gasteiger partial charge is 0.309 e. The first-order valence-electron chi connectivity index (χ1n) is 7.66. The first kappa shape index (κ1) is 17.1. The molecular weight excluding hydrogens is 299 g/mol. The first-order valence-corrected chi connectivity index (χ1v) is 7.66. The molecule has 23 heavy (non-hydrogen) atoms. The number of aromatic nitrogens is 2. The van der Waals surface area contributed by atoms with Crippen molar-refractivity contribution in [3.63, 3.8) is 0 Å². The molecule has 0 N–H and O–H groups in total. The van der Waals surface area contributed by atoms with Crippen molar-refractivity contribution in [1.82, 2.24) is 10.1 Å². The summed E-state index contributed by atoms with van der Waals surface area (Å²) in [6.45, 7) is 5.82. The maximum Gasteiger partial charge on any atom is 0.309 e. The molecule has 5 nitrogen and oxygen atoms in total. The van der Waals surface area contributed by atoms with Crippen molar-refractivity contribution < 1.29 is 18.4 Å². The zero-order chi connectivity index (χ0) is 16.8. The number of carbonyl (C=O) groups excluding carboxylic acids is 1. The van der Waals surface area contributed by atoms with E-state index in [0.717, 1.165) is 5.56 Å². The minimum atomic E-state index is -0.380. The minimum Gasteiger partial charge on any atom is -0.455 e. The Balaban J connectivity index is 1.83. The van der Waals surface area contributed by atoms with Crippen LogP contribution in [0.2, 0.25) is 0 Å². The van der Waals surface area contributed by atoms with Crippen LogP contribution in [0.1, 0.15) is 38.0 Å². The van der Waals surface area contributed by atoms with Gasteiger partial charge in [0.25, 0.3) is 5.89 Å². The van der Waals surface area contributed by atoms with Gasteiger partial charge in [0, 0.05) is 6.42 Å². The largest absolute Gasteiger partial charge is 0.455 e. The average Bonchev–Trinajstić information content (AvgIpc) is 2.91. The molecule has 2 aromatic rings. The van der Waals surface area contributed by atoms with E-state index in [1.54, 1.807) is 19.1 Å². The van der Waals surface area contributed by atoms with Gasteiger partial charge in [-0.05, 0) is 30.0 Å². The van der Waals surface area contributed by atoms with Gasteiger partial charge in [-0.3, -0.25) is 4.79 Å². The van der Waals surface area contributed by atoms with Crippen molar-refractivity contribution in [3.8, 4) is 0 Å². The van der Waals surface area contributed by atoms with Gasteiger partial charge in [0.2, 0.25) is 0 Å². The summed E-state index contributed by atoms with van der Waals surface area (Å²) >= 11 is 0. The average molecular weight is 320 g/mol. The Morgan fingerprint density at radius 2 is 2.09 bits per heavy atom. The lowest BCUT2D eigenvalue weighted by Gasteiger charge is -2.10. The lowest BCUT2D eigenvalue weighted by atomic mass is 10.0. The summed E-state index contributed by atoms with van der Waals surface area (Å²) in [5, 5.41) is 3.84. The number of ether oxygens (including phenoxy) is 1. The van der Waals surface area contributed by atoms with Crippen LogP contribution in [0, 0.1) is 17.7 Å². The van der Waals surface area contributed by atoms with Crippen molar-refractivity contribution in [2.24, 2.45) is 11.8 Å². The van der Waals surface area contributed by atoms with Crippen molar-refractivity contribution in [2.45, 2.75) is 40.2 Å². The van der Waals surface area contributed by atoms with Gasteiger partial charge < -0.3 is 9.26 Å². The van der Waals surface area contributed by atoms with Crippen LogP contribution in [0.15, 0.2) is 28.8 Å². The van der Waals surface area contributed by atoms with Crippen LogP contribution in [0.3, 0.4) is 0 Å². The third-order valence-electron chi connectivity index (χ3n) is 3.27. The molecule has 0 fully saturated rings. The summed E-state index contributed by atoms with van der Waals surface area (Å²) in [5.74, 6) is 0.249. The summed E-state index contributed by atoms with van der Waals surface area (Å²) in [6, 6.07) is 6.19. The van der Waals surface area contributed by atoms with Crippen molar-refractivity contribution >= 4 is 5.97 Å². The Hall–Kier alpha value is -2.24. The summed E-state index contributed by atoms with van der Waals surface area (Å²) < 4.78 is 23.4. The predicted molar refractivity (Wildman–Crippen MR) is 81.9 cm³/mol. The van der Waals surface area contributed by atoms with E-state index in [9.17, 15) is 9.18 Å². The summed E-state index contributed by atoms with van der Waals surface area (Å²) in [7, 11) is 0. The number of hydrogen-bond acceptors (Lipinski definition) is 5. The van der Waals surface area contributed by atoms with E-state index in [1.807, 2.05) is 0 Å². The first-order chi connectivity index (χ1) is 10.9. The van der Waals surface area contributed by atoms with Crippen LogP contribution in [0.4, 0.5) is 4.39 Å². The van der Waals surface area contributed by atoms with Crippen molar-refractivity contribution in [1.29, 1.82) is 0 Å². The molecule has 1 aromatic carbocycles. The van der Waals surface area contributed by atoms with Gasteiger partial charge in [-0.2, -0.15) is 4.98 Å². The summed E-state index contributed by atoms with van der Waals surface area (Å²) in [4.78, 5) is 16.2. The Kier molecular flexibility index (Phi) is 5.84. The van der Waals surface area contributed by atoms with E-state index < -0.39 is 0 Å². The molecule has 1 atom stereocenters. The van der Waals surface area contributed by atoms with Crippen molar-refractivity contribution in [3.05, 3.63) is 47.4 Å². The molecule has 0 bridgehead atoms. The number of nitrogens with zero attached hydrogens (tertiary/aromatic N) is 2. The van der Waals surface area contributed by atoms with E-state index in [2.05, 4.69) is 24.0 Å². The number of esters is 1. The maximum absolute atomic E-state index is 13.1. The van der Waals surface area contributed by atoms with Gasteiger partial charge in [0.15, 0.2) is 12.4 Å². The molecule has 6 heteroatoms. The van der Waals surface area contributed by atoms with E-state index in [4.69, 9.17) is 9.26 Å². The molecule has 1 heterocycles. The molecule has 0 saturated carbocycles. The zero-order valence-electron chi connectivity index (χ0n) is 13.6. The molecule has 0 radical (unpaired) electrons. The normalized spacial score (nSPS) is 12.4. The fraction of sp³-hybridized carbons (Fsp3) is 0.471. The highest BCUT2D eigenvalue weighted by Gasteiger charge is 2.17. The minimum absolute atomic E-state index is 0.0442. The van der Waals surface area contributed by atoms with Crippen LogP contribution in [-0.2, 0) is 29.0 Å². The van der Waals surface area contributed by atoms with Gasteiger partial charge in [-0.1, -0.05) is 38.1 Å². The second-order valence-electron chi connectivity index (χ2n) is 6.05. The third kappa shape index (κ3) is 5.47. The molecule has 2 rings (SSSR count).